The number of rotatable bonds is 9. The molecule has 1 amide bonds. The Kier molecular flexibility index (Phi) is 8.23. The molecule has 0 unspecified atom stereocenters. The minimum atomic E-state index is -0.224. The highest BCUT2D eigenvalue weighted by Crippen LogP contribution is 2.36. The number of halogens is 1. The molecule has 10 heteroatoms. The Morgan fingerprint density at radius 3 is 2.80 bits per heavy atom. The summed E-state index contributed by atoms with van der Waals surface area (Å²) in [5, 5.41) is 12.8. The van der Waals surface area contributed by atoms with Gasteiger partial charge in [0.1, 0.15) is 11.6 Å². The van der Waals surface area contributed by atoms with Crippen LogP contribution < -0.4 is 14.9 Å². The Morgan fingerprint density at radius 1 is 1.30 bits per heavy atom. The van der Waals surface area contributed by atoms with E-state index >= 15 is 0 Å². The summed E-state index contributed by atoms with van der Waals surface area (Å²) in [5.74, 6) is 1.16. The Hall–Kier alpha value is -2.43. The largest absolute Gasteiger partial charge is 0.493 e. The fraction of sp³-hybridized carbons (Fsp3) is 0.200. The minimum absolute atomic E-state index is 0.214. The first kappa shape index (κ1) is 22.3. The maximum absolute atomic E-state index is 11.9. The second kappa shape index (κ2) is 11.1. The first-order valence-electron chi connectivity index (χ1n) is 8.84. The van der Waals surface area contributed by atoms with Crippen LogP contribution in [0.5, 0.6) is 11.5 Å². The van der Waals surface area contributed by atoms with Gasteiger partial charge in [-0.25, -0.2) is 5.43 Å². The third-order valence-corrected chi connectivity index (χ3v) is 6.28. The summed E-state index contributed by atoms with van der Waals surface area (Å²) in [4.78, 5) is 11.9. The Balaban J connectivity index is 1.57. The number of ether oxygens (including phenoxy) is 2. The zero-order valence-corrected chi connectivity index (χ0v) is 19.5. The molecule has 1 aromatic heterocycles. The Labute approximate surface area is 191 Å². The standard InChI is InChI=1S/C20H19BrN4O3S2/c1-13-23-25-20(30-13)29-12-18(26)24-22-10-15-8-16(21)19(17(9-15)27-2)28-11-14-6-4-3-5-7-14/h3-10H,11-12H2,1-2H3,(H,24,26). The van der Waals surface area contributed by atoms with Crippen molar-refractivity contribution in [2.24, 2.45) is 5.10 Å². The highest BCUT2D eigenvalue weighted by atomic mass is 79.9. The highest BCUT2D eigenvalue weighted by Gasteiger charge is 2.12. The second-order valence-corrected chi connectivity index (χ2v) is 9.24. The molecular weight excluding hydrogens is 488 g/mol. The van der Waals surface area contributed by atoms with E-state index in [1.54, 1.807) is 19.4 Å². The lowest BCUT2D eigenvalue weighted by Gasteiger charge is -2.13. The van der Waals surface area contributed by atoms with Crippen molar-refractivity contribution in [2.45, 2.75) is 17.9 Å². The van der Waals surface area contributed by atoms with E-state index in [-0.39, 0.29) is 11.7 Å². The molecule has 30 heavy (non-hydrogen) atoms. The molecule has 0 atom stereocenters. The Bertz CT molecular complexity index is 1030. The highest BCUT2D eigenvalue weighted by molar-refractivity contribution is 9.10. The van der Waals surface area contributed by atoms with Crippen LogP contribution in [0.4, 0.5) is 0 Å². The van der Waals surface area contributed by atoms with Crippen LogP contribution >= 0.6 is 39.0 Å². The van der Waals surface area contributed by atoms with E-state index in [4.69, 9.17) is 9.47 Å². The minimum Gasteiger partial charge on any atom is -0.493 e. The van der Waals surface area contributed by atoms with Crippen LogP contribution in [0.3, 0.4) is 0 Å². The zero-order chi connectivity index (χ0) is 21.3. The van der Waals surface area contributed by atoms with Crippen LogP contribution in [-0.2, 0) is 11.4 Å². The summed E-state index contributed by atoms with van der Waals surface area (Å²) in [6.45, 7) is 2.29. The monoisotopic (exact) mass is 506 g/mol. The number of hydrogen-bond acceptors (Lipinski definition) is 8. The number of nitrogens with zero attached hydrogens (tertiary/aromatic N) is 3. The van der Waals surface area contributed by atoms with E-state index in [9.17, 15) is 4.79 Å². The summed E-state index contributed by atoms with van der Waals surface area (Å²) >= 11 is 6.29. The molecule has 3 rings (SSSR count). The van der Waals surface area contributed by atoms with Gasteiger partial charge in [0, 0.05) is 0 Å². The number of carbonyl (C=O) groups excluding carboxylic acids is 1. The van der Waals surface area contributed by atoms with Gasteiger partial charge in [-0.15, -0.1) is 10.2 Å². The van der Waals surface area contributed by atoms with Crippen LogP contribution in [0.1, 0.15) is 16.1 Å². The molecule has 2 aromatic carbocycles. The molecule has 0 aliphatic carbocycles. The van der Waals surface area contributed by atoms with E-state index in [1.807, 2.05) is 43.3 Å². The van der Waals surface area contributed by atoms with Crippen LogP contribution in [0.25, 0.3) is 0 Å². The fourth-order valence-electron chi connectivity index (χ4n) is 2.36. The SMILES string of the molecule is COc1cc(C=NNC(=O)CSc2nnc(C)s2)cc(Br)c1OCc1ccccc1. The summed E-state index contributed by atoms with van der Waals surface area (Å²) < 4.78 is 12.9. The van der Waals surface area contributed by atoms with Gasteiger partial charge in [-0.05, 0) is 46.1 Å². The van der Waals surface area contributed by atoms with E-state index in [0.29, 0.717) is 18.1 Å². The third-order valence-electron chi connectivity index (χ3n) is 3.71. The molecular formula is C20H19BrN4O3S2. The van der Waals surface area contributed by atoms with Crippen LogP contribution in [-0.4, -0.2) is 35.2 Å². The van der Waals surface area contributed by atoms with Crippen molar-refractivity contribution >= 4 is 51.2 Å². The molecule has 156 valence electrons. The average Bonchev–Trinajstić information content (AvgIpc) is 3.17. The van der Waals surface area contributed by atoms with E-state index in [1.165, 1.54) is 23.1 Å². The van der Waals surface area contributed by atoms with Crippen molar-refractivity contribution in [3.8, 4) is 11.5 Å². The summed E-state index contributed by atoms with van der Waals surface area (Å²) in [6, 6.07) is 13.5. The van der Waals surface area contributed by atoms with Crippen molar-refractivity contribution in [1.29, 1.82) is 0 Å². The summed E-state index contributed by atoms with van der Waals surface area (Å²) in [7, 11) is 1.58. The number of hydrazone groups is 1. The lowest BCUT2D eigenvalue weighted by Crippen LogP contribution is -2.19. The number of hydrogen-bond donors (Lipinski definition) is 1. The van der Waals surface area contributed by atoms with Gasteiger partial charge in [0.2, 0.25) is 0 Å². The number of carbonyl (C=O) groups is 1. The van der Waals surface area contributed by atoms with Gasteiger partial charge in [0.05, 0.1) is 23.5 Å². The predicted octanol–water partition coefficient (Wildman–Crippen LogP) is 4.44. The van der Waals surface area contributed by atoms with Crippen LogP contribution in [0, 0.1) is 6.92 Å². The van der Waals surface area contributed by atoms with Crippen molar-refractivity contribution in [2.75, 3.05) is 12.9 Å². The van der Waals surface area contributed by atoms with Gasteiger partial charge < -0.3 is 9.47 Å². The number of benzene rings is 2. The number of aryl methyl sites for hydroxylation is 1. The maximum Gasteiger partial charge on any atom is 0.250 e. The maximum atomic E-state index is 11.9. The molecule has 0 bridgehead atoms. The summed E-state index contributed by atoms with van der Waals surface area (Å²) in [5.41, 5.74) is 4.31. The smallest absolute Gasteiger partial charge is 0.250 e. The van der Waals surface area contributed by atoms with Crippen LogP contribution in [0.2, 0.25) is 0 Å². The molecule has 0 spiro atoms. The van der Waals surface area contributed by atoms with Gasteiger partial charge in [-0.3, -0.25) is 4.79 Å². The normalized spacial score (nSPS) is 10.9. The average molecular weight is 507 g/mol. The molecule has 1 N–H and O–H groups in total. The number of thioether (sulfide) groups is 1. The van der Waals surface area contributed by atoms with Crippen LogP contribution in [0.15, 0.2) is 56.4 Å². The van der Waals surface area contributed by atoms with Crippen molar-refractivity contribution < 1.29 is 14.3 Å². The van der Waals surface area contributed by atoms with Gasteiger partial charge in [-0.1, -0.05) is 53.4 Å². The second-order valence-electron chi connectivity index (χ2n) is 5.98. The number of nitrogens with one attached hydrogen (secondary N) is 1. The third kappa shape index (κ3) is 6.54. The first-order chi connectivity index (χ1) is 14.5. The Morgan fingerprint density at radius 2 is 2.10 bits per heavy atom. The molecule has 0 radical (unpaired) electrons. The number of amides is 1. The lowest BCUT2D eigenvalue weighted by molar-refractivity contribution is -0.118. The zero-order valence-electron chi connectivity index (χ0n) is 16.3. The summed E-state index contributed by atoms with van der Waals surface area (Å²) in [6.07, 6.45) is 1.55. The quantitative estimate of drug-likeness (QED) is 0.262. The van der Waals surface area contributed by atoms with Gasteiger partial charge >= 0.3 is 0 Å². The molecule has 0 fully saturated rings. The molecule has 0 aliphatic rings. The van der Waals surface area contributed by atoms with Crippen molar-refractivity contribution in [3.63, 3.8) is 0 Å². The van der Waals surface area contributed by atoms with E-state index < -0.39 is 0 Å². The van der Waals surface area contributed by atoms with Crippen molar-refractivity contribution in [1.82, 2.24) is 15.6 Å². The lowest BCUT2D eigenvalue weighted by atomic mass is 10.2. The number of aromatic nitrogens is 2. The molecule has 0 aliphatic heterocycles. The first-order valence-corrected chi connectivity index (χ1v) is 11.4. The van der Waals surface area contributed by atoms with Gasteiger partial charge in [0.25, 0.3) is 5.91 Å². The molecule has 0 saturated carbocycles. The number of methoxy groups -OCH3 is 1. The molecule has 3 aromatic rings. The van der Waals surface area contributed by atoms with E-state index in [0.717, 1.165) is 24.9 Å². The molecule has 1 heterocycles. The van der Waals surface area contributed by atoms with Gasteiger partial charge in [-0.2, -0.15) is 5.10 Å². The predicted molar refractivity (Wildman–Crippen MR) is 123 cm³/mol. The topological polar surface area (TPSA) is 85.7 Å². The fourth-order valence-corrected chi connectivity index (χ4v) is 4.54. The molecule has 7 nitrogen and oxygen atoms in total. The van der Waals surface area contributed by atoms with Crippen molar-refractivity contribution in [3.05, 3.63) is 63.1 Å². The van der Waals surface area contributed by atoms with E-state index in [2.05, 4.69) is 36.7 Å². The molecule has 0 saturated heterocycles. The van der Waals surface area contributed by atoms with Gasteiger partial charge in [0.15, 0.2) is 15.8 Å².